The summed E-state index contributed by atoms with van der Waals surface area (Å²) in [6.45, 7) is 5.56. The second kappa shape index (κ2) is 6.06. The fraction of sp³-hybridized carbons (Fsp3) is 0.353. The molecule has 1 N–H and O–H groups in total. The van der Waals surface area contributed by atoms with Gasteiger partial charge in [-0.15, -0.1) is 0 Å². The van der Waals surface area contributed by atoms with Crippen molar-refractivity contribution < 1.29 is 14.6 Å². The van der Waals surface area contributed by atoms with Crippen molar-refractivity contribution in [3.63, 3.8) is 0 Å². The predicted molar refractivity (Wildman–Crippen MR) is 79.7 cm³/mol. The smallest absolute Gasteiger partial charge is 0.314 e. The van der Waals surface area contributed by atoms with E-state index in [1.54, 1.807) is 13.0 Å². The van der Waals surface area contributed by atoms with Gasteiger partial charge in [0.1, 0.15) is 5.75 Å². The van der Waals surface area contributed by atoms with Crippen molar-refractivity contribution in [2.75, 3.05) is 0 Å². The third kappa shape index (κ3) is 3.17. The van der Waals surface area contributed by atoms with Crippen molar-refractivity contribution in [2.45, 2.75) is 33.3 Å². The summed E-state index contributed by atoms with van der Waals surface area (Å²) in [5.41, 5.74) is 0.877. The molecule has 2 atom stereocenters. The highest BCUT2D eigenvalue weighted by atomic mass is 16.5. The van der Waals surface area contributed by atoms with Crippen LogP contribution in [-0.4, -0.2) is 11.1 Å². The minimum absolute atomic E-state index is 0.0942. The maximum Gasteiger partial charge on any atom is 0.314 e. The number of fused-ring (bicyclic) bond motifs is 1. The number of benzene rings is 2. The zero-order valence-corrected chi connectivity index (χ0v) is 12.1. The Balaban J connectivity index is 2.26. The van der Waals surface area contributed by atoms with E-state index in [2.05, 4.69) is 0 Å². The summed E-state index contributed by atoms with van der Waals surface area (Å²) in [5, 5.41) is 11.6. The molecule has 0 saturated carbocycles. The molecule has 0 aliphatic heterocycles. The average Bonchev–Trinajstić information content (AvgIpc) is 2.45. The largest absolute Gasteiger partial charge is 0.426 e. The number of aliphatic hydroxyl groups excluding tert-OH is 1. The average molecular weight is 272 g/mol. The highest BCUT2D eigenvalue weighted by Gasteiger charge is 2.13. The monoisotopic (exact) mass is 272 g/mol. The number of esters is 1. The summed E-state index contributed by atoms with van der Waals surface area (Å²) in [5.74, 6) is 0.267. The molecule has 0 aromatic heterocycles. The Hall–Kier alpha value is -1.87. The molecule has 2 rings (SSSR count). The van der Waals surface area contributed by atoms with Crippen molar-refractivity contribution in [3.05, 3.63) is 42.0 Å². The summed E-state index contributed by atoms with van der Waals surface area (Å²) >= 11 is 0. The fourth-order valence-electron chi connectivity index (χ4n) is 1.95. The quantitative estimate of drug-likeness (QED) is 0.679. The first-order valence-corrected chi connectivity index (χ1v) is 6.94. The Kier molecular flexibility index (Phi) is 4.40. The van der Waals surface area contributed by atoms with Gasteiger partial charge in [-0.2, -0.15) is 0 Å². The number of carbonyl (C=O) groups excluding carboxylic acids is 1. The van der Waals surface area contributed by atoms with Gasteiger partial charge in [-0.05, 0) is 47.9 Å². The molecular weight excluding hydrogens is 252 g/mol. The van der Waals surface area contributed by atoms with Crippen LogP contribution >= 0.6 is 0 Å². The zero-order chi connectivity index (χ0) is 14.7. The highest BCUT2D eigenvalue weighted by molar-refractivity contribution is 5.85. The van der Waals surface area contributed by atoms with Crippen molar-refractivity contribution in [1.29, 1.82) is 0 Å². The standard InChI is InChI=1S/C17H20O3/c1-4-11(2)17(19)20-16-8-7-14-9-13(12(3)18)5-6-15(14)10-16/h5-12,18H,4H2,1-3H3. The molecule has 2 unspecified atom stereocenters. The van der Waals surface area contributed by atoms with E-state index >= 15 is 0 Å². The number of carbonyl (C=O) groups is 1. The topological polar surface area (TPSA) is 46.5 Å². The van der Waals surface area contributed by atoms with Gasteiger partial charge < -0.3 is 9.84 Å². The Bertz CT molecular complexity index is 617. The molecule has 0 bridgehead atoms. The molecule has 20 heavy (non-hydrogen) atoms. The lowest BCUT2D eigenvalue weighted by Gasteiger charge is -2.10. The molecular formula is C17H20O3. The van der Waals surface area contributed by atoms with E-state index in [1.165, 1.54) is 0 Å². The molecule has 3 nitrogen and oxygen atoms in total. The third-order valence-electron chi connectivity index (χ3n) is 3.55. The molecule has 0 saturated heterocycles. The molecule has 2 aromatic carbocycles. The van der Waals surface area contributed by atoms with E-state index in [4.69, 9.17) is 4.74 Å². The SMILES string of the molecule is CCC(C)C(=O)Oc1ccc2cc(C(C)O)ccc2c1. The maximum atomic E-state index is 11.8. The first-order chi connectivity index (χ1) is 9.51. The molecule has 0 aliphatic rings. The number of ether oxygens (including phenoxy) is 1. The van der Waals surface area contributed by atoms with E-state index in [9.17, 15) is 9.90 Å². The van der Waals surface area contributed by atoms with Gasteiger partial charge in [0, 0.05) is 0 Å². The second-order valence-corrected chi connectivity index (χ2v) is 5.17. The van der Waals surface area contributed by atoms with Crippen LogP contribution in [-0.2, 0) is 4.79 Å². The zero-order valence-electron chi connectivity index (χ0n) is 12.1. The Morgan fingerprint density at radius 2 is 1.80 bits per heavy atom. The predicted octanol–water partition coefficient (Wildman–Crippen LogP) is 3.84. The molecule has 0 heterocycles. The first kappa shape index (κ1) is 14.5. The number of rotatable bonds is 4. The van der Waals surface area contributed by atoms with Crippen molar-refractivity contribution in [1.82, 2.24) is 0 Å². The van der Waals surface area contributed by atoms with Gasteiger partial charge in [0.15, 0.2) is 0 Å². The van der Waals surface area contributed by atoms with Gasteiger partial charge in [0.05, 0.1) is 12.0 Å². The fourth-order valence-corrected chi connectivity index (χ4v) is 1.95. The van der Waals surface area contributed by atoms with Crippen LogP contribution < -0.4 is 4.74 Å². The first-order valence-electron chi connectivity index (χ1n) is 6.94. The van der Waals surface area contributed by atoms with Gasteiger partial charge in [0.25, 0.3) is 0 Å². The molecule has 0 amide bonds. The van der Waals surface area contributed by atoms with E-state index in [0.717, 1.165) is 22.8 Å². The molecule has 2 aromatic rings. The van der Waals surface area contributed by atoms with Gasteiger partial charge in [-0.3, -0.25) is 4.79 Å². The van der Waals surface area contributed by atoms with Gasteiger partial charge in [-0.25, -0.2) is 0 Å². The molecule has 0 radical (unpaired) electrons. The van der Waals surface area contributed by atoms with Gasteiger partial charge in [0.2, 0.25) is 0 Å². The van der Waals surface area contributed by atoms with Gasteiger partial charge >= 0.3 is 5.97 Å². The lowest BCUT2D eigenvalue weighted by Crippen LogP contribution is -2.16. The summed E-state index contributed by atoms with van der Waals surface area (Å²) < 4.78 is 5.36. The van der Waals surface area contributed by atoms with Crippen LogP contribution in [0, 0.1) is 5.92 Å². The third-order valence-corrected chi connectivity index (χ3v) is 3.55. The van der Waals surface area contributed by atoms with E-state index in [-0.39, 0.29) is 11.9 Å². The van der Waals surface area contributed by atoms with Crippen LogP contribution in [0.1, 0.15) is 38.9 Å². The molecule has 106 valence electrons. The Labute approximate surface area is 119 Å². The van der Waals surface area contributed by atoms with Crippen LogP contribution in [0.15, 0.2) is 36.4 Å². The number of aliphatic hydroxyl groups is 1. The van der Waals surface area contributed by atoms with Crippen molar-refractivity contribution in [2.24, 2.45) is 5.92 Å². The summed E-state index contributed by atoms with van der Waals surface area (Å²) in [4.78, 5) is 11.8. The van der Waals surface area contributed by atoms with E-state index in [1.807, 2.05) is 44.2 Å². The van der Waals surface area contributed by atoms with E-state index in [0.29, 0.717) is 5.75 Å². The number of hydrogen-bond acceptors (Lipinski definition) is 3. The van der Waals surface area contributed by atoms with Crippen LogP contribution in [0.4, 0.5) is 0 Å². The minimum Gasteiger partial charge on any atom is -0.426 e. The molecule has 0 aliphatic carbocycles. The Morgan fingerprint density at radius 1 is 1.15 bits per heavy atom. The molecule has 3 heteroatoms. The van der Waals surface area contributed by atoms with Crippen LogP contribution in [0.5, 0.6) is 5.75 Å². The normalized spacial score (nSPS) is 14.0. The lowest BCUT2D eigenvalue weighted by molar-refractivity contribution is -0.138. The summed E-state index contributed by atoms with van der Waals surface area (Å²) in [6, 6.07) is 11.3. The van der Waals surface area contributed by atoms with Crippen molar-refractivity contribution in [3.8, 4) is 5.75 Å². The maximum absolute atomic E-state index is 11.8. The minimum atomic E-state index is -0.484. The van der Waals surface area contributed by atoms with E-state index < -0.39 is 6.10 Å². The summed E-state index contributed by atoms with van der Waals surface area (Å²) in [7, 11) is 0. The second-order valence-electron chi connectivity index (χ2n) is 5.17. The summed E-state index contributed by atoms with van der Waals surface area (Å²) in [6.07, 6.45) is 0.284. The number of hydrogen-bond donors (Lipinski definition) is 1. The van der Waals surface area contributed by atoms with Gasteiger partial charge in [-0.1, -0.05) is 32.0 Å². The van der Waals surface area contributed by atoms with Crippen LogP contribution in [0.2, 0.25) is 0 Å². The van der Waals surface area contributed by atoms with Crippen molar-refractivity contribution >= 4 is 16.7 Å². The molecule has 0 spiro atoms. The molecule has 0 fully saturated rings. The van der Waals surface area contributed by atoms with Crippen LogP contribution in [0.25, 0.3) is 10.8 Å². The highest BCUT2D eigenvalue weighted by Crippen LogP contribution is 2.25. The Morgan fingerprint density at radius 3 is 2.45 bits per heavy atom. The lowest BCUT2D eigenvalue weighted by atomic mass is 10.0. The van der Waals surface area contributed by atoms with Crippen LogP contribution in [0.3, 0.4) is 0 Å².